The SMILES string of the molecule is N=Cc1c(Nc2ccc(-c3ccc(C4C=Cc5c(c6ccccc6c6ccccc56)C4)cc3)cc2)ccc2c1C(c1ccccc1)(c1ccccc1)c1ccccc1-2. The summed E-state index contributed by atoms with van der Waals surface area (Å²) in [7, 11) is 0. The number of fused-ring (bicyclic) bond motifs is 9. The maximum absolute atomic E-state index is 8.90. The number of hydrogen-bond donors (Lipinski definition) is 2. The summed E-state index contributed by atoms with van der Waals surface area (Å²) in [6.45, 7) is 0. The molecule has 0 aromatic heterocycles. The molecule has 274 valence electrons. The van der Waals surface area contributed by atoms with Gasteiger partial charge in [0.15, 0.2) is 0 Å². The lowest BCUT2D eigenvalue weighted by Gasteiger charge is -2.35. The van der Waals surface area contributed by atoms with Crippen LogP contribution in [0.4, 0.5) is 11.4 Å². The lowest BCUT2D eigenvalue weighted by Crippen LogP contribution is -2.30. The van der Waals surface area contributed by atoms with Gasteiger partial charge in [-0.1, -0.05) is 188 Å². The van der Waals surface area contributed by atoms with Crippen LogP contribution in [-0.2, 0) is 11.8 Å². The fraction of sp³-hybridized carbons (Fsp3) is 0.0536. The highest BCUT2D eigenvalue weighted by molar-refractivity contribution is 6.13. The van der Waals surface area contributed by atoms with Gasteiger partial charge in [0.2, 0.25) is 0 Å². The van der Waals surface area contributed by atoms with Gasteiger partial charge < -0.3 is 10.7 Å². The van der Waals surface area contributed by atoms with Crippen molar-refractivity contribution in [3.8, 4) is 22.3 Å². The van der Waals surface area contributed by atoms with Gasteiger partial charge >= 0.3 is 0 Å². The average molecular weight is 741 g/mol. The first-order valence-corrected chi connectivity index (χ1v) is 20.2. The highest BCUT2D eigenvalue weighted by Gasteiger charge is 2.47. The van der Waals surface area contributed by atoms with Crippen molar-refractivity contribution in [3.05, 3.63) is 245 Å². The van der Waals surface area contributed by atoms with Gasteiger partial charge in [-0.05, 0) is 107 Å². The average Bonchev–Trinajstić information content (AvgIpc) is 3.61. The third-order valence-corrected chi connectivity index (χ3v) is 12.6. The number of hydrogen-bond acceptors (Lipinski definition) is 2. The minimum atomic E-state index is -0.575. The highest BCUT2D eigenvalue weighted by atomic mass is 14.9. The van der Waals surface area contributed by atoms with Crippen molar-refractivity contribution in [3.63, 3.8) is 0 Å². The first kappa shape index (κ1) is 34.0. The van der Waals surface area contributed by atoms with Gasteiger partial charge in [-0.15, -0.1) is 0 Å². The zero-order valence-corrected chi connectivity index (χ0v) is 32.0. The number of anilines is 2. The van der Waals surface area contributed by atoms with Crippen molar-refractivity contribution < 1.29 is 0 Å². The van der Waals surface area contributed by atoms with Crippen LogP contribution in [0.3, 0.4) is 0 Å². The van der Waals surface area contributed by atoms with Gasteiger partial charge in [0.25, 0.3) is 0 Å². The molecule has 1 atom stereocenters. The fourth-order valence-corrected chi connectivity index (χ4v) is 10.0. The highest BCUT2D eigenvalue weighted by Crippen LogP contribution is 2.58. The van der Waals surface area contributed by atoms with Crippen molar-refractivity contribution in [1.82, 2.24) is 0 Å². The Morgan fingerprint density at radius 2 is 1.09 bits per heavy atom. The Bertz CT molecular complexity index is 3010. The minimum absolute atomic E-state index is 0.323. The molecule has 0 spiro atoms. The topological polar surface area (TPSA) is 35.9 Å². The Balaban J connectivity index is 0.903. The molecular weight excluding hydrogens is 701 g/mol. The molecule has 2 aliphatic carbocycles. The van der Waals surface area contributed by atoms with E-state index in [1.807, 2.05) is 0 Å². The second kappa shape index (κ2) is 13.7. The summed E-state index contributed by atoms with van der Waals surface area (Å²) >= 11 is 0. The van der Waals surface area contributed by atoms with E-state index >= 15 is 0 Å². The molecule has 2 heteroatoms. The molecule has 0 saturated heterocycles. The molecule has 11 rings (SSSR count). The van der Waals surface area contributed by atoms with E-state index in [2.05, 4.69) is 212 Å². The predicted octanol–water partition coefficient (Wildman–Crippen LogP) is 14.1. The summed E-state index contributed by atoms with van der Waals surface area (Å²) in [6.07, 6.45) is 7.27. The Morgan fingerprint density at radius 1 is 0.517 bits per heavy atom. The van der Waals surface area contributed by atoms with Crippen LogP contribution in [0.15, 0.2) is 200 Å². The largest absolute Gasteiger partial charge is 0.355 e. The molecule has 0 amide bonds. The molecule has 2 N–H and O–H groups in total. The molecule has 9 aromatic carbocycles. The number of benzene rings is 9. The van der Waals surface area contributed by atoms with Crippen LogP contribution in [0.5, 0.6) is 0 Å². The van der Waals surface area contributed by atoms with E-state index in [1.165, 1.54) is 83.4 Å². The molecule has 0 saturated carbocycles. The first-order chi connectivity index (χ1) is 28.7. The normalized spacial score (nSPS) is 14.8. The number of nitrogens with one attached hydrogen (secondary N) is 2. The van der Waals surface area contributed by atoms with E-state index in [0.717, 1.165) is 28.9 Å². The molecule has 0 heterocycles. The molecular formula is C56H40N2. The lowest BCUT2D eigenvalue weighted by molar-refractivity contribution is 0.767. The van der Waals surface area contributed by atoms with Crippen molar-refractivity contribution in [2.45, 2.75) is 17.8 Å². The van der Waals surface area contributed by atoms with Crippen LogP contribution >= 0.6 is 0 Å². The van der Waals surface area contributed by atoms with E-state index in [1.54, 1.807) is 0 Å². The van der Waals surface area contributed by atoms with Crippen molar-refractivity contribution in [2.24, 2.45) is 0 Å². The monoisotopic (exact) mass is 740 g/mol. The molecule has 58 heavy (non-hydrogen) atoms. The fourth-order valence-electron chi connectivity index (χ4n) is 10.0. The van der Waals surface area contributed by atoms with E-state index in [9.17, 15) is 0 Å². The lowest BCUT2D eigenvalue weighted by atomic mass is 9.66. The summed E-state index contributed by atoms with van der Waals surface area (Å²) in [4.78, 5) is 0. The molecule has 2 aliphatic rings. The number of allylic oxidation sites excluding steroid dienone is 1. The van der Waals surface area contributed by atoms with Gasteiger partial charge in [-0.2, -0.15) is 0 Å². The van der Waals surface area contributed by atoms with E-state index in [4.69, 9.17) is 5.41 Å². The molecule has 1 unspecified atom stereocenters. The Labute approximate surface area is 339 Å². The van der Waals surface area contributed by atoms with Gasteiger partial charge in [0, 0.05) is 29.1 Å². The molecule has 2 nitrogen and oxygen atoms in total. The molecule has 0 radical (unpaired) electrons. The molecule has 9 aromatic rings. The number of rotatable bonds is 7. The van der Waals surface area contributed by atoms with Crippen LogP contribution in [0.25, 0.3) is 49.9 Å². The van der Waals surface area contributed by atoms with Crippen molar-refractivity contribution in [1.29, 1.82) is 5.41 Å². The van der Waals surface area contributed by atoms with Gasteiger partial charge in [-0.25, -0.2) is 0 Å². The van der Waals surface area contributed by atoms with Gasteiger partial charge in [-0.3, -0.25) is 0 Å². The van der Waals surface area contributed by atoms with Gasteiger partial charge in [0.05, 0.1) is 5.41 Å². The van der Waals surface area contributed by atoms with Crippen LogP contribution < -0.4 is 5.32 Å². The molecule has 0 bridgehead atoms. The minimum Gasteiger partial charge on any atom is -0.355 e. The third kappa shape index (κ3) is 5.22. The van der Waals surface area contributed by atoms with Crippen molar-refractivity contribution >= 4 is 45.2 Å². The zero-order chi connectivity index (χ0) is 38.6. The Morgan fingerprint density at radius 3 is 1.76 bits per heavy atom. The first-order valence-electron chi connectivity index (χ1n) is 20.2. The van der Waals surface area contributed by atoms with Crippen LogP contribution in [0.2, 0.25) is 0 Å². The quantitative estimate of drug-likeness (QED) is 0.124. The third-order valence-electron chi connectivity index (χ3n) is 12.6. The summed E-state index contributed by atoms with van der Waals surface area (Å²) in [5.74, 6) is 0.323. The summed E-state index contributed by atoms with van der Waals surface area (Å²) in [6, 6.07) is 70.2. The van der Waals surface area contributed by atoms with Crippen LogP contribution in [0, 0.1) is 5.41 Å². The predicted molar refractivity (Wildman–Crippen MR) is 244 cm³/mol. The van der Waals surface area contributed by atoms with Crippen LogP contribution in [-0.4, -0.2) is 6.21 Å². The van der Waals surface area contributed by atoms with Crippen molar-refractivity contribution in [2.75, 3.05) is 5.32 Å². The molecule has 0 fully saturated rings. The Kier molecular flexibility index (Phi) is 8.04. The standard InChI is InChI=1S/C56H40N2/c57-36-52-54(34-33-50-49-21-11-12-22-53(49)56(55(50)52,41-13-3-1-4-14-41)42-15-5-2-6-16-42)58-43-30-27-38(28-31-43)37-23-25-39(26-24-37)40-29-32-48-46-19-8-7-17-44(46)45-18-9-10-20-47(45)51(48)35-40/h1-34,36,40,57-58H,35H2. The zero-order valence-electron chi connectivity index (χ0n) is 32.0. The summed E-state index contributed by atoms with van der Waals surface area (Å²) in [5.41, 5.74) is 15.8. The second-order valence-electron chi connectivity index (χ2n) is 15.6. The van der Waals surface area contributed by atoms with Gasteiger partial charge in [0.1, 0.15) is 0 Å². The smallest absolute Gasteiger partial charge is 0.0720 e. The maximum atomic E-state index is 8.90. The Hall–Kier alpha value is -7.29. The van der Waals surface area contributed by atoms with E-state index in [0.29, 0.717) is 5.92 Å². The summed E-state index contributed by atoms with van der Waals surface area (Å²) < 4.78 is 0. The maximum Gasteiger partial charge on any atom is 0.0720 e. The summed E-state index contributed by atoms with van der Waals surface area (Å²) in [5, 5.41) is 18.0. The second-order valence-corrected chi connectivity index (χ2v) is 15.6. The molecule has 0 aliphatic heterocycles. The van der Waals surface area contributed by atoms with E-state index in [-0.39, 0.29) is 0 Å². The van der Waals surface area contributed by atoms with E-state index < -0.39 is 5.41 Å². The van der Waals surface area contributed by atoms with Crippen LogP contribution in [0.1, 0.15) is 50.4 Å².